The van der Waals surface area contributed by atoms with Crippen molar-refractivity contribution in [2.24, 2.45) is 11.8 Å². The molecule has 0 heterocycles. The lowest BCUT2D eigenvalue weighted by molar-refractivity contribution is 0.226. The predicted molar refractivity (Wildman–Crippen MR) is 63.4 cm³/mol. The van der Waals surface area contributed by atoms with Crippen LogP contribution >= 0.6 is 0 Å². The van der Waals surface area contributed by atoms with Gasteiger partial charge in [0, 0.05) is 6.04 Å². The maximum absolute atomic E-state index is 3.74. The van der Waals surface area contributed by atoms with E-state index >= 15 is 0 Å². The van der Waals surface area contributed by atoms with Crippen molar-refractivity contribution in [3.63, 3.8) is 0 Å². The lowest BCUT2D eigenvalue weighted by atomic mass is 9.79. The van der Waals surface area contributed by atoms with E-state index < -0.39 is 0 Å². The van der Waals surface area contributed by atoms with Crippen molar-refractivity contribution >= 4 is 0 Å². The molecule has 1 aliphatic rings. The summed E-state index contributed by atoms with van der Waals surface area (Å²) in [6.45, 7) is 9.68. The van der Waals surface area contributed by atoms with E-state index in [1.54, 1.807) is 0 Å². The van der Waals surface area contributed by atoms with Gasteiger partial charge in [0.1, 0.15) is 0 Å². The molecule has 1 heteroatoms. The van der Waals surface area contributed by atoms with E-state index in [0.717, 1.165) is 30.8 Å². The number of rotatable bonds is 5. The SMILES string of the molecule is C=CCCCNC1CCC(C)C(C)C1. The van der Waals surface area contributed by atoms with E-state index in [1.165, 1.54) is 25.7 Å². The van der Waals surface area contributed by atoms with Gasteiger partial charge in [-0.15, -0.1) is 6.58 Å². The highest BCUT2D eigenvalue weighted by Gasteiger charge is 2.23. The average molecular weight is 195 g/mol. The summed E-state index contributed by atoms with van der Waals surface area (Å²) < 4.78 is 0. The highest BCUT2D eigenvalue weighted by atomic mass is 14.9. The van der Waals surface area contributed by atoms with Crippen LogP contribution in [0.15, 0.2) is 12.7 Å². The molecule has 82 valence electrons. The van der Waals surface area contributed by atoms with E-state index in [1.807, 2.05) is 6.08 Å². The molecule has 1 N–H and O–H groups in total. The Labute approximate surface area is 89.0 Å². The number of hydrogen-bond donors (Lipinski definition) is 1. The predicted octanol–water partition coefficient (Wildman–Crippen LogP) is 3.37. The van der Waals surface area contributed by atoms with Crippen LogP contribution in [0.2, 0.25) is 0 Å². The van der Waals surface area contributed by atoms with E-state index in [-0.39, 0.29) is 0 Å². The normalized spacial score (nSPS) is 32.9. The standard InChI is InChI=1S/C13H25N/c1-4-5-6-9-14-13-8-7-11(2)12(3)10-13/h4,11-14H,1,5-10H2,2-3H3. The molecule has 1 saturated carbocycles. The molecule has 0 spiro atoms. The van der Waals surface area contributed by atoms with Crippen molar-refractivity contribution in [2.75, 3.05) is 6.54 Å². The molecule has 0 amide bonds. The second kappa shape index (κ2) is 6.23. The zero-order valence-electron chi connectivity index (χ0n) is 9.76. The molecule has 3 unspecified atom stereocenters. The minimum atomic E-state index is 0.783. The van der Waals surface area contributed by atoms with Gasteiger partial charge in [0.05, 0.1) is 0 Å². The first-order chi connectivity index (χ1) is 6.74. The second-order valence-corrected chi connectivity index (χ2v) is 4.85. The molecule has 0 radical (unpaired) electrons. The Morgan fingerprint density at radius 3 is 2.71 bits per heavy atom. The summed E-state index contributed by atoms with van der Waals surface area (Å²) in [5.41, 5.74) is 0. The van der Waals surface area contributed by atoms with Gasteiger partial charge in [-0.1, -0.05) is 19.9 Å². The molecule has 1 aliphatic carbocycles. The Morgan fingerprint density at radius 1 is 1.29 bits per heavy atom. The van der Waals surface area contributed by atoms with Gasteiger partial charge in [0.15, 0.2) is 0 Å². The van der Waals surface area contributed by atoms with E-state index in [9.17, 15) is 0 Å². The summed E-state index contributed by atoms with van der Waals surface area (Å²) in [6, 6.07) is 0.783. The summed E-state index contributed by atoms with van der Waals surface area (Å²) in [5, 5.41) is 3.66. The third kappa shape index (κ3) is 3.83. The minimum absolute atomic E-state index is 0.783. The van der Waals surface area contributed by atoms with Crippen LogP contribution in [0.5, 0.6) is 0 Å². The molecule has 14 heavy (non-hydrogen) atoms. The maximum atomic E-state index is 3.74. The Bertz CT molecular complexity index is 165. The summed E-state index contributed by atoms with van der Waals surface area (Å²) in [6.07, 6.45) is 8.54. The fourth-order valence-corrected chi connectivity index (χ4v) is 2.29. The quantitative estimate of drug-likeness (QED) is 0.524. The molecule has 0 aromatic rings. The van der Waals surface area contributed by atoms with E-state index in [2.05, 4.69) is 25.7 Å². The maximum Gasteiger partial charge on any atom is 0.00698 e. The van der Waals surface area contributed by atoms with Crippen molar-refractivity contribution < 1.29 is 0 Å². The number of unbranched alkanes of at least 4 members (excludes halogenated alkanes) is 1. The summed E-state index contributed by atoms with van der Waals surface area (Å²) in [7, 11) is 0. The number of hydrogen-bond acceptors (Lipinski definition) is 1. The summed E-state index contributed by atoms with van der Waals surface area (Å²) in [4.78, 5) is 0. The molecule has 1 rings (SSSR count). The van der Waals surface area contributed by atoms with Crippen molar-refractivity contribution in [1.29, 1.82) is 0 Å². The van der Waals surface area contributed by atoms with Crippen LogP contribution in [-0.4, -0.2) is 12.6 Å². The molecule has 0 aliphatic heterocycles. The van der Waals surface area contributed by atoms with Crippen molar-refractivity contribution in [1.82, 2.24) is 5.32 Å². The van der Waals surface area contributed by atoms with Gasteiger partial charge >= 0.3 is 0 Å². The van der Waals surface area contributed by atoms with Gasteiger partial charge in [-0.25, -0.2) is 0 Å². The van der Waals surface area contributed by atoms with Crippen LogP contribution in [0.25, 0.3) is 0 Å². The zero-order chi connectivity index (χ0) is 10.4. The highest BCUT2D eigenvalue weighted by Crippen LogP contribution is 2.29. The van der Waals surface area contributed by atoms with Gasteiger partial charge in [-0.2, -0.15) is 0 Å². The molecule has 0 saturated heterocycles. The highest BCUT2D eigenvalue weighted by molar-refractivity contribution is 4.79. The molecule has 1 nitrogen and oxygen atoms in total. The smallest absolute Gasteiger partial charge is 0.00698 e. The fraction of sp³-hybridized carbons (Fsp3) is 0.846. The van der Waals surface area contributed by atoms with Gasteiger partial charge < -0.3 is 5.32 Å². The third-order valence-electron chi connectivity index (χ3n) is 3.62. The first kappa shape index (κ1) is 11.8. The van der Waals surface area contributed by atoms with Gasteiger partial charge in [0.2, 0.25) is 0 Å². The van der Waals surface area contributed by atoms with Crippen LogP contribution in [0.1, 0.15) is 46.0 Å². The minimum Gasteiger partial charge on any atom is -0.314 e. The monoisotopic (exact) mass is 195 g/mol. The Kier molecular flexibility index (Phi) is 5.24. The summed E-state index contributed by atoms with van der Waals surface area (Å²) >= 11 is 0. The zero-order valence-corrected chi connectivity index (χ0v) is 9.76. The largest absolute Gasteiger partial charge is 0.314 e. The average Bonchev–Trinajstić information content (AvgIpc) is 2.18. The number of nitrogens with one attached hydrogen (secondary N) is 1. The van der Waals surface area contributed by atoms with Gasteiger partial charge in [-0.3, -0.25) is 0 Å². The molecule has 1 fully saturated rings. The Hall–Kier alpha value is -0.300. The molecule has 3 atom stereocenters. The molecule has 0 aromatic carbocycles. The van der Waals surface area contributed by atoms with Crippen LogP contribution in [0.4, 0.5) is 0 Å². The number of allylic oxidation sites excluding steroid dienone is 1. The topological polar surface area (TPSA) is 12.0 Å². The second-order valence-electron chi connectivity index (χ2n) is 4.85. The first-order valence-electron chi connectivity index (χ1n) is 6.08. The van der Waals surface area contributed by atoms with Crippen molar-refractivity contribution in [3.8, 4) is 0 Å². The van der Waals surface area contributed by atoms with Crippen molar-refractivity contribution in [3.05, 3.63) is 12.7 Å². The van der Waals surface area contributed by atoms with Gasteiger partial charge in [-0.05, 0) is 50.5 Å². The summed E-state index contributed by atoms with van der Waals surface area (Å²) in [5.74, 6) is 1.84. The molecular formula is C13H25N. The molecular weight excluding hydrogens is 170 g/mol. The van der Waals surface area contributed by atoms with Crippen LogP contribution < -0.4 is 5.32 Å². The molecule has 0 aromatic heterocycles. The Balaban J connectivity index is 2.10. The van der Waals surface area contributed by atoms with Crippen molar-refractivity contribution in [2.45, 2.75) is 52.0 Å². The lowest BCUT2D eigenvalue weighted by Gasteiger charge is -2.32. The third-order valence-corrected chi connectivity index (χ3v) is 3.62. The lowest BCUT2D eigenvalue weighted by Crippen LogP contribution is -2.36. The van der Waals surface area contributed by atoms with Crippen LogP contribution in [0.3, 0.4) is 0 Å². The Morgan fingerprint density at radius 2 is 2.07 bits per heavy atom. The van der Waals surface area contributed by atoms with Gasteiger partial charge in [0.25, 0.3) is 0 Å². The van der Waals surface area contributed by atoms with E-state index in [4.69, 9.17) is 0 Å². The van der Waals surface area contributed by atoms with Crippen LogP contribution in [-0.2, 0) is 0 Å². The molecule has 0 bridgehead atoms. The fourth-order valence-electron chi connectivity index (χ4n) is 2.29. The van der Waals surface area contributed by atoms with Crippen LogP contribution in [0, 0.1) is 11.8 Å². The first-order valence-corrected chi connectivity index (χ1v) is 6.08. The van der Waals surface area contributed by atoms with E-state index in [0.29, 0.717) is 0 Å².